The summed E-state index contributed by atoms with van der Waals surface area (Å²) in [4.78, 5) is 111. The fraction of sp³-hybridized carbons (Fsp3) is 0.786. The lowest BCUT2D eigenvalue weighted by Crippen LogP contribution is -2.61. The molecule has 62 heavy (non-hydrogen) atoms. The van der Waals surface area contributed by atoms with Crippen LogP contribution in [-0.4, -0.2) is 114 Å². The van der Waals surface area contributed by atoms with Crippen molar-refractivity contribution in [1.82, 2.24) is 31.5 Å². The molecule has 0 aromatic rings. The van der Waals surface area contributed by atoms with E-state index < -0.39 is 84.0 Å². The van der Waals surface area contributed by atoms with E-state index in [4.69, 9.17) is 28.7 Å². The molecular weight excluding hydrogens is 801 g/mol. The third kappa shape index (κ3) is 17.8. The summed E-state index contributed by atoms with van der Waals surface area (Å²) in [7, 11) is 0. The van der Waals surface area contributed by atoms with Crippen molar-refractivity contribution in [3.05, 3.63) is 0 Å². The first-order chi connectivity index (χ1) is 29.5. The molecule has 0 aromatic heterocycles. The van der Waals surface area contributed by atoms with Crippen LogP contribution in [0, 0.1) is 17.8 Å². The highest BCUT2D eigenvalue weighted by Crippen LogP contribution is 2.29. The lowest BCUT2D eigenvalue weighted by molar-refractivity contribution is -0.142. The van der Waals surface area contributed by atoms with Crippen LogP contribution < -0.4 is 55.3 Å². The Bertz CT molecular complexity index is 1560. The molecule has 3 fully saturated rings. The Kier molecular flexibility index (Phi) is 21.9. The summed E-state index contributed by atoms with van der Waals surface area (Å²) in [6.45, 7) is 3.88. The van der Waals surface area contributed by atoms with Gasteiger partial charge in [-0.3, -0.25) is 43.3 Å². The molecule has 6 atom stereocenters. The van der Waals surface area contributed by atoms with Crippen LogP contribution in [0.2, 0.25) is 0 Å². The van der Waals surface area contributed by atoms with Gasteiger partial charge < -0.3 is 60.2 Å². The molecule has 1 aliphatic heterocycles. The van der Waals surface area contributed by atoms with Crippen LogP contribution in [0.5, 0.6) is 0 Å². The van der Waals surface area contributed by atoms with Crippen molar-refractivity contribution in [1.29, 1.82) is 0 Å². The first-order valence-electron chi connectivity index (χ1n) is 22.6. The molecule has 0 unspecified atom stereocenters. The van der Waals surface area contributed by atoms with Crippen molar-refractivity contribution in [3.63, 3.8) is 0 Å². The van der Waals surface area contributed by atoms with E-state index in [9.17, 15) is 38.4 Å². The number of carbonyl (C=O) groups is 8. The minimum absolute atomic E-state index is 0.00876. The van der Waals surface area contributed by atoms with Crippen LogP contribution in [-0.2, 0) is 38.4 Å². The number of primary amides is 2. The molecule has 20 nitrogen and oxygen atoms in total. The van der Waals surface area contributed by atoms with Crippen LogP contribution >= 0.6 is 0 Å². The van der Waals surface area contributed by atoms with Gasteiger partial charge in [-0.15, -0.1) is 0 Å². The maximum absolute atomic E-state index is 14.1. The molecule has 1 saturated heterocycles. The van der Waals surface area contributed by atoms with Gasteiger partial charge in [0.15, 0.2) is 5.96 Å². The minimum Gasteiger partial charge on any atom is -0.370 e. The van der Waals surface area contributed by atoms with Gasteiger partial charge in [0.25, 0.3) is 0 Å². The maximum Gasteiger partial charge on any atom is 0.247 e. The van der Waals surface area contributed by atoms with Crippen molar-refractivity contribution in [3.8, 4) is 0 Å². The molecule has 3 aliphatic rings. The number of carbonyl (C=O) groups excluding carboxylic acids is 8. The summed E-state index contributed by atoms with van der Waals surface area (Å²) in [5, 5.41) is 13.6. The number of nitrogens with two attached hydrogens (primary N) is 5. The number of nitrogens with zero attached hydrogens (tertiary/aromatic N) is 2. The van der Waals surface area contributed by atoms with Crippen molar-refractivity contribution >= 4 is 53.2 Å². The second-order valence-electron chi connectivity index (χ2n) is 17.7. The van der Waals surface area contributed by atoms with Gasteiger partial charge in [0.2, 0.25) is 47.3 Å². The van der Waals surface area contributed by atoms with Crippen LogP contribution in [0.3, 0.4) is 0 Å². The number of amides is 8. The molecule has 20 heteroatoms. The zero-order valence-electron chi connectivity index (χ0n) is 36.8. The van der Waals surface area contributed by atoms with Crippen LogP contribution in [0.25, 0.3) is 0 Å². The Morgan fingerprint density at radius 3 is 1.82 bits per heavy atom. The first-order valence-corrected chi connectivity index (χ1v) is 22.6. The van der Waals surface area contributed by atoms with E-state index in [0.717, 1.165) is 51.4 Å². The quantitative estimate of drug-likeness (QED) is 0.0306. The van der Waals surface area contributed by atoms with E-state index in [2.05, 4.69) is 31.6 Å². The predicted octanol–water partition coefficient (Wildman–Crippen LogP) is -0.849. The maximum atomic E-state index is 14.1. The van der Waals surface area contributed by atoms with Gasteiger partial charge in [-0.05, 0) is 62.7 Å². The zero-order chi connectivity index (χ0) is 45.8. The highest BCUT2D eigenvalue weighted by atomic mass is 16.2. The van der Waals surface area contributed by atoms with Gasteiger partial charge in [0, 0.05) is 26.1 Å². The van der Waals surface area contributed by atoms with Crippen molar-refractivity contribution in [2.75, 3.05) is 19.6 Å². The Labute approximate surface area is 365 Å². The molecule has 15 N–H and O–H groups in total. The molecule has 0 bridgehead atoms. The number of rotatable bonds is 25. The summed E-state index contributed by atoms with van der Waals surface area (Å²) in [5.41, 5.74) is 27.5. The number of aliphatic imine (C=N–C) groups is 1. The van der Waals surface area contributed by atoms with Crippen molar-refractivity contribution in [2.24, 2.45) is 51.4 Å². The molecule has 8 amide bonds. The van der Waals surface area contributed by atoms with Crippen LogP contribution in [0.15, 0.2) is 4.99 Å². The van der Waals surface area contributed by atoms with Crippen LogP contribution in [0.4, 0.5) is 0 Å². The molecule has 0 spiro atoms. The smallest absolute Gasteiger partial charge is 0.247 e. The van der Waals surface area contributed by atoms with E-state index in [0.29, 0.717) is 31.6 Å². The molecule has 2 aliphatic carbocycles. The Hall–Kier alpha value is -5.01. The number of nitrogens with one attached hydrogen (secondary N) is 5. The van der Waals surface area contributed by atoms with Crippen molar-refractivity contribution in [2.45, 2.75) is 172 Å². The van der Waals surface area contributed by atoms with Crippen LogP contribution in [0.1, 0.15) is 136 Å². The first kappa shape index (κ1) is 51.3. The van der Waals surface area contributed by atoms with Gasteiger partial charge in [0.1, 0.15) is 36.3 Å². The van der Waals surface area contributed by atoms with Crippen molar-refractivity contribution < 1.29 is 38.4 Å². The fourth-order valence-corrected chi connectivity index (χ4v) is 8.77. The third-order valence-corrected chi connectivity index (χ3v) is 12.1. The summed E-state index contributed by atoms with van der Waals surface area (Å²) >= 11 is 0. The van der Waals surface area contributed by atoms with E-state index in [1.54, 1.807) is 0 Å². The molecule has 350 valence electrons. The normalized spacial score (nSPS) is 19.5. The highest BCUT2D eigenvalue weighted by molar-refractivity contribution is 5.97. The summed E-state index contributed by atoms with van der Waals surface area (Å²) < 4.78 is 0. The molecule has 2 saturated carbocycles. The van der Waals surface area contributed by atoms with Gasteiger partial charge >= 0.3 is 0 Å². The van der Waals surface area contributed by atoms with E-state index >= 15 is 0 Å². The van der Waals surface area contributed by atoms with E-state index in [1.807, 2.05) is 13.8 Å². The fourth-order valence-electron chi connectivity index (χ4n) is 8.77. The average molecular weight is 875 g/mol. The van der Waals surface area contributed by atoms with E-state index in [1.165, 1.54) is 24.2 Å². The molecule has 0 aromatic carbocycles. The third-order valence-electron chi connectivity index (χ3n) is 12.1. The van der Waals surface area contributed by atoms with Gasteiger partial charge in [0.05, 0.1) is 6.42 Å². The number of likely N-dealkylation sites (tertiary alicyclic amines) is 1. The zero-order valence-corrected chi connectivity index (χ0v) is 36.8. The second-order valence-corrected chi connectivity index (χ2v) is 17.7. The Balaban J connectivity index is 1.75. The lowest BCUT2D eigenvalue weighted by Gasteiger charge is -2.32. The van der Waals surface area contributed by atoms with Gasteiger partial charge in [-0.1, -0.05) is 78.1 Å². The number of hydrogen-bond acceptors (Lipinski definition) is 10. The molecular formula is C42H74N12O8. The van der Waals surface area contributed by atoms with Gasteiger partial charge in [-0.25, -0.2) is 0 Å². The summed E-state index contributed by atoms with van der Waals surface area (Å²) in [6, 6.07) is -6.85. The Morgan fingerprint density at radius 1 is 0.661 bits per heavy atom. The Morgan fingerprint density at radius 2 is 1.24 bits per heavy atom. The molecule has 0 radical (unpaired) electrons. The summed E-state index contributed by atoms with van der Waals surface area (Å²) in [6.07, 6.45) is 12.8. The minimum atomic E-state index is -1.43. The average Bonchev–Trinajstić information content (AvgIpc) is 3.73. The highest BCUT2D eigenvalue weighted by Gasteiger charge is 2.40. The topological polar surface area (TPSA) is 342 Å². The lowest BCUT2D eigenvalue weighted by atomic mass is 9.84. The van der Waals surface area contributed by atoms with E-state index in [-0.39, 0.29) is 62.6 Å². The second kappa shape index (κ2) is 26.5. The molecule has 3 rings (SSSR count). The predicted molar refractivity (Wildman–Crippen MR) is 233 cm³/mol. The number of hydrogen-bond donors (Lipinski definition) is 10. The standard InChI is InChI=1S/C42H74N12O8/c1-25(2)21-30(49-35(56)18-17-26-11-5-3-6-12-26)38(59)52-31(22-27-13-7-4-8-14-27)39(60)53-32(24-43)41(62)54-20-10-16-33(54)40(61)50-28(15-9-19-48-42(46)47)37(58)51-29(36(45)57)23-34(44)55/h25-33H,3-24,43H2,1-2H3,(H2,44,55)(H2,45,57)(H,49,56)(H,50,61)(H,51,58)(H,52,59)(H,53,60)(H4,46,47,48)/t28-,29-,30-,31-,32-,33-/m0/s1. The van der Waals surface area contributed by atoms with Gasteiger partial charge in [-0.2, -0.15) is 0 Å². The molecule has 1 heterocycles. The summed E-state index contributed by atoms with van der Waals surface area (Å²) in [5.74, 6) is -4.71. The largest absolute Gasteiger partial charge is 0.370 e. The monoisotopic (exact) mass is 875 g/mol. The SMILES string of the molecule is CC(C)C[C@H](NC(=O)CCC1CCCCC1)C(=O)N[C@@H](CC1CCCCC1)C(=O)N[C@@H](CN)C(=O)N1CCC[C@H]1C(=O)N[C@@H](CCCN=C(N)N)C(=O)N[C@@H](CC(N)=O)C(N)=O. The number of guanidine groups is 1.